The van der Waals surface area contributed by atoms with Gasteiger partial charge in [-0.1, -0.05) is 23.9 Å². The van der Waals surface area contributed by atoms with Crippen molar-refractivity contribution in [2.45, 2.75) is 25.5 Å². The molecule has 2 aromatic heterocycles. The van der Waals surface area contributed by atoms with Crippen LogP contribution in [0.5, 0.6) is 17.2 Å². The predicted molar refractivity (Wildman–Crippen MR) is 127 cm³/mol. The SMILES string of the molecule is CCOc1ccc(Oc2ccccc2NC(=O)CSc2nnc(-c3ccco3)n2CC)cc1. The molecule has 2 heterocycles. The van der Waals surface area contributed by atoms with Gasteiger partial charge >= 0.3 is 0 Å². The molecule has 2 aromatic carbocycles. The Kier molecular flexibility index (Phi) is 7.31. The van der Waals surface area contributed by atoms with Crippen LogP contribution in [-0.2, 0) is 11.3 Å². The Hall–Kier alpha value is -3.72. The zero-order valence-electron chi connectivity index (χ0n) is 18.4. The molecule has 8 nitrogen and oxygen atoms in total. The molecule has 170 valence electrons. The summed E-state index contributed by atoms with van der Waals surface area (Å²) in [6, 6.07) is 18.3. The molecule has 0 atom stereocenters. The van der Waals surface area contributed by atoms with Gasteiger partial charge in [-0.25, -0.2) is 0 Å². The van der Waals surface area contributed by atoms with Gasteiger partial charge in [0.05, 0.1) is 24.3 Å². The van der Waals surface area contributed by atoms with Gasteiger partial charge in [-0.2, -0.15) is 0 Å². The van der Waals surface area contributed by atoms with Gasteiger partial charge in [0.1, 0.15) is 11.5 Å². The molecule has 1 N–H and O–H groups in total. The third-order valence-corrected chi connectivity index (χ3v) is 5.60. The fourth-order valence-electron chi connectivity index (χ4n) is 3.14. The largest absolute Gasteiger partial charge is 0.494 e. The third-order valence-electron chi connectivity index (χ3n) is 4.63. The van der Waals surface area contributed by atoms with Crippen LogP contribution in [0.3, 0.4) is 0 Å². The summed E-state index contributed by atoms with van der Waals surface area (Å²) >= 11 is 1.31. The standard InChI is InChI=1S/C24H24N4O4S/c1-3-28-23(21-10-7-15-31-21)26-27-24(28)33-16-22(29)25-19-8-5-6-9-20(19)32-18-13-11-17(12-14-18)30-4-2/h5-15H,3-4,16H2,1-2H3,(H,25,29). The van der Waals surface area contributed by atoms with E-state index in [1.807, 2.05) is 66.9 Å². The fraction of sp³-hybridized carbons (Fsp3) is 0.208. The molecule has 0 bridgehead atoms. The maximum atomic E-state index is 12.7. The maximum absolute atomic E-state index is 12.7. The Balaban J connectivity index is 1.39. The number of ether oxygens (including phenoxy) is 2. The van der Waals surface area contributed by atoms with E-state index in [4.69, 9.17) is 13.9 Å². The lowest BCUT2D eigenvalue weighted by atomic mass is 10.2. The van der Waals surface area contributed by atoms with Crippen molar-refractivity contribution >= 4 is 23.4 Å². The van der Waals surface area contributed by atoms with E-state index in [-0.39, 0.29) is 11.7 Å². The average Bonchev–Trinajstić information content (AvgIpc) is 3.50. The highest BCUT2D eigenvalue weighted by atomic mass is 32.2. The second-order valence-electron chi connectivity index (χ2n) is 6.87. The summed E-state index contributed by atoms with van der Waals surface area (Å²) in [4.78, 5) is 12.7. The number of nitrogens with zero attached hydrogens (tertiary/aromatic N) is 3. The molecule has 4 aromatic rings. The highest BCUT2D eigenvalue weighted by molar-refractivity contribution is 7.99. The first-order chi connectivity index (χ1) is 16.2. The number of para-hydroxylation sites is 2. The van der Waals surface area contributed by atoms with E-state index in [9.17, 15) is 4.79 Å². The van der Waals surface area contributed by atoms with E-state index >= 15 is 0 Å². The minimum Gasteiger partial charge on any atom is -0.494 e. The Morgan fingerprint density at radius 2 is 1.82 bits per heavy atom. The molecule has 1 amide bonds. The van der Waals surface area contributed by atoms with Crippen LogP contribution < -0.4 is 14.8 Å². The van der Waals surface area contributed by atoms with Crippen LogP contribution in [0.15, 0.2) is 76.5 Å². The van der Waals surface area contributed by atoms with Gasteiger partial charge in [-0.3, -0.25) is 9.36 Å². The summed E-state index contributed by atoms with van der Waals surface area (Å²) in [6.45, 7) is 5.19. The first kappa shape index (κ1) is 22.5. The van der Waals surface area contributed by atoms with Crippen LogP contribution in [0.2, 0.25) is 0 Å². The molecule has 0 saturated heterocycles. The zero-order valence-corrected chi connectivity index (χ0v) is 19.2. The Labute approximate surface area is 195 Å². The number of aromatic nitrogens is 3. The van der Waals surface area contributed by atoms with Crippen molar-refractivity contribution in [3.8, 4) is 28.8 Å². The van der Waals surface area contributed by atoms with E-state index in [0.717, 1.165) is 5.75 Å². The summed E-state index contributed by atoms with van der Waals surface area (Å²) in [5.74, 6) is 3.26. The minimum atomic E-state index is -0.173. The number of hydrogen-bond acceptors (Lipinski definition) is 7. The zero-order chi connectivity index (χ0) is 23.0. The Bertz CT molecular complexity index is 1190. The number of amides is 1. The van der Waals surface area contributed by atoms with Gasteiger partial charge < -0.3 is 19.2 Å². The van der Waals surface area contributed by atoms with Gasteiger partial charge in [-0.15, -0.1) is 10.2 Å². The molecule has 0 aliphatic carbocycles. The van der Waals surface area contributed by atoms with Crippen LogP contribution in [0, 0.1) is 0 Å². The quantitative estimate of drug-likeness (QED) is 0.311. The topological polar surface area (TPSA) is 91.4 Å². The van der Waals surface area contributed by atoms with Crippen molar-refractivity contribution in [3.63, 3.8) is 0 Å². The van der Waals surface area contributed by atoms with Crippen LogP contribution in [0.1, 0.15) is 13.8 Å². The first-order valence-electron chi connectivity index (χ1n) is 10.6. The molecule has 0 aliphatic rings. The molecule has 0 unspecified atom stereocenters. The maximum Gasteiger partial charge on any atom is 0.234 e. The van der Waals surface area contributed by atoms with E-state index in [2.05, 4.69) is 15.5 Å². The summed E-state index contributed by atoms with van der Waals surface area (Å²) in [6.07, 6.45) is 1.59. The lowest BCUT2D eigenvalue weighted by Gasteiger charge is -2.13. The number of benzene rings is 2. The summed E-state index contributed by atoms with van der Waals surface area (Å²) < 4.78 is 18.8. The van der Waals surface area contributed by atoms with Crippen LogP contribution in [0.25, 0.3) is 11.6 Å². The summed E-state index contributed by atoms with van der Waals surface area (Å²) in [5.41, 5.74) is 0.588. The fourth-order valence-corrected chi connectivity index (χ4v) is 3.94. The lowest BCUT2D eigenvalue weighted by molar-refractivity contribution is -0.113. The molecule has 0 radical (unpaired) electrons. The van der Waals surface area contributed by atoms with Crippen molar-refractivity contribution in [1.29, 1.82) is 0 Å². The molecular formula is C24H24N4O4S. The van der Waals surface area contributed by atoms with Crippen molar-refractivity contribution in [2.75, 3.05) is 17.7 Å². The predicted octanol–water partition coefficient (Wildman–Crippen LogP) is 5.48. The molecule has 0 fully saturated rings. The number of thioether (sulfide) groups is 1. The van der Waals surface area contributed by atoms with Crippen molar-refractivity contribution in [2.24, 2.45) is 0 Å². The number of carbonyl (C=O) groups is 1. The number of rotatable bonds is 10. The van der Waals surface area contributed by atoms with E-state index in [1.165, 1.54) is 11.8 Å². The number of hydrogen-bond donors (Lipinski definition) is 1. The second kappa shape index (κ2) is 10.7. The molecular weight excluding hydrogens is 440 g/mol. The smallest absolute Gasteiger partial charge is 0.234 e. The molecule has 0 spiro atoms. The molecule has 4 rings (SSSR count). The van der Waals surface area contributed by atoms with Crippen LogP contribution in [0.4, 0.5) is 5.69 Å². The average molecular weight is 465 g/mol. The molecule has 33 heavy (non-hydrogen) atoms. The van der Waals surface area contributed by atoms with Crippen molar-refractivity contribution in [3.05, 3.63) is 66.9 Å². The van der Waals surface area contributed by atoms with Gasteiger partial charge in [0.2, 0.25) is 5.91 Å². The van der Waals surface area contributed by atoms with E-state index in [0.29, 0.717) is 47.1 Å². The lowest BCUT2D eigenvalue weighted by Crippen LogP contribution is -2.15. The highest BCUT2D eigenvalue weighted by Gasteiger charge is 2.17. The monoisotopic (exact) mass is 464 g/mol. The number of carbonyl (C=O) groups excluding carboxylic acids is 1. The van der Waals surface area contributed by atoms with Crippen LogP contribution in [-0.4, -0.2) is 33.0 Å². The minimum absolute atomic E-state index is 0.173. The number of furan rings is 1. The van der Waals surface area contributed by atoms with Gasteiger partial charge in [0.25, 0.3) is 0 Å². The van der Waals surface area contributed by atoms with Gasteiger partial charge in [0.15, 0.2) is 22.5 Å². The van der Waals surface area contributed by atoms with Gasteiger partial charge in [-0.05, 0) is 62.4 Å². The van der Waals surface area contributed by atoms with E-state index < -0.39 is 0 Å². The van der Waals surface area contributed by atoms with Crippen molar-refractivity contribution < 1.29 is 18.7 Å². The Morgan fingerprint density at radius 1 is 1.03 bits per heavy atom. The highest BCUT2D eigenvalue weighted by Crippen LogP contribution is 2.31. The number of nitrogens with one attached hydrogen (secondary N) is 1. The Morgan fingerprint density at radius 3 is 2.55 bits per heavy atom. The molecule has 0 aliphatic heterocycles. The first-order valence-corrected chi connectivity index (χ1v) is 11.6. The summed E-state index contributed by atoms with van der Waals surface area (Å²) in [7, 11) is 0. The normalized spacial score (nSPS) is 10.7. The third kappa shape index (κ3) is 5.56. The van der Waals surface area contributed by atoms with E-state index in [1.54, 1.807) is 18.4 Å². The number of anilines is 1. The van der Waals surface area contributed by atoms with Gasteiger partial charge in [0, 0.05) is 6.54 Å². The van der Waals surface area contributed by atoms with Crippen molar-refractivity contribution in [1.82, 2.24) is 14.8 Å². The second-order valence-corrected chi connectivity index (χ2v) is 7.81. The summed E-state index contributed by atoms with van der Waals surface area (Å²) in [5, 5.41) is 12.0. The molecule has 0 saturated carbocycles. The molecule has 9 heteroatoms. The van der Waals surface area contributed by atoms with Crippen LogP contribution >= 0.6 is 11.8 Å².